The molecule has 3 rings (SSSR count). The highest BCUT2D eigenvalue weighted by molar-refractivity contribution is 6.03. The van der Waals surface area contributed by atoms with Gasteiger partial charge < -0.3 is 15.4 Å². The van der Waals surface area contributed by atoms with Gasteiger partial charge in [-0.15, -0.1) is 0 Å². The van der Waals surface area contributed by atoms with Gasteiger partial charge in [-0.3, -0.25) is 4.79 Å². The minimum Gasteiger partial charge on any atom is -0.497 e. The zero-order valence-electron chi connectivity index (χ0n) is 16.3. The second-order valence-electron chi connectivity index (χ2n) is 6.52. The van der Waals surface area contributed by atoms with Gasteiger partial charge in [0.25, 0.3) is 5.91 Å². The number of aryl methyl sites for hydroxylation is 1. The van der Waals surface area contributed by atoms with E-state index in [4.69, 9.17) is 4.74 Å². The Morgan fingerprint density at radius 3 is 2.64 bits per heavy atom. The summed E-state index contributed by atoms with van der Waals surface area (Å²) >= 11 is 0. The van der Waals surface area contributed by atoms with Crippen molar-refractivity contribution in [2.75, 3.05) is 24.3 Å². The quantitative estimate of drug-likeness (QED) is 0.652. The first-order valence-corrected chi connectivity index (χ1v) is 9.13. The van der Waals surface area contributed by atoms with Gasteiger partial charge in [-0.2, -0.15) is 0 Å². The molecule has 0 aliphatic rings. The van der Waals surface area contributed by atoms with Crippen molar-refractivity contribution in [3.05, 3.63) is 77.2 Å². The summed E-state index contributed by atoms with van der Waals surface area (Å²) in [6, 6.07) is 13.8. The van der Waals surface area contributed by atoms with E-state index in [2.05, 4.69) is 26.7 Å². The van der Waals surface area contributed by atoms with Gasteiger partial charge in [0.15, 0.2) is 0 Å². The van der Waals surface area contributed by atoms with Crippen LogP contribution in [0, 0.1) is 13.8 Å². The van der Waals surface area contributed by atoms with Crippen LogP contribution in [0.25, 0.3) is 0 Å². The number of aromatic nitrogens is 2. The summed E-state index contributed by atoms with van der Waals surface area (Å²) in [6.45, 7) is 4.69. The van der Waals surface area contributed by atoms with E-state index in [1.165, 1.54) is 11.8 Å². The first-order valence-electron chi connectivity index (χ1n) is 9.13. The molecule has 2 N–H and O–H groups in total. The molecule has 1 aromatic heterocycles. The zero-order valence-corrected chi connectivity index (χ0v) is 16.3. The van der Waals surface area contributed by atoms with Crippen molar-refractivity contribution in [3.63, 3.8) is 0 Å². The summed E-state index contributed by atoms with van der Waals surface area (Å²) in [5.41, 5.74) is 4.40. The van der Waals surface area contributed by atoms with Crippen LogP contribution in [-0.4, -0.2) is 29.5 Å². The maximum Gasteiger partial charge on any atom is 0.275 e. The van der Waals surface area contributed by atoms with E-state index in [0.717, 1.165) is 29.0 Å². The fraction of sp³-hybridized carbons (Fsp3) is 0.227. The van der Waals surface area contributed by atoms with Crippen LogP contribution in [0.5, 0.6) is 5.75 Å². The predicted octanol–water partition coefficient (Wildman–Crippen LogP) is 4.01. The van der Waals surface area contributed by atoms with Crippen LogP contribution in [0.3, 0.4) is 0 Å². The van der Waals surface area contributed by atoms with Gasteiger partial charge in [-0.05, 0) is 55.2 Å². The molecule has 144 valence electrons. The highest BCUT2D eigenvalue weighted by Crippen LogP contribution is 2.18. The first-order chi connectivity index (χ1) is 13.6. The van der Waals surface area contributed by atoms with Crippen LogP contribution < -0.4 is 15.4 Å². The fourth-order valence-electron chi connectivity index (χ4n) is 2.77. The molecule has 0 atom stereocenters. The summed E-state index contributed by atoms with van der Waals surface area (Å²) in [5, 5.41) is 6.11. The van der Waals surface area contributed by atoms with Crippen molar-refractivity contribution in [2.45, 2.75) is 20.3 Å². The first kappa shape index (κ1) is 19.4. The van der Waals surface area contributed by atoms with Crippen LogP contribution >= 0.6 is 0 Å². The van der Waals surface area contributed by atoms with Crippen LogP contribution in [0.4, 0.5) is 11.5 Å². The Morgan fingerprint density at radius 1 is 1.07 bits per heavy atom. The molecule has 0 radical (unpaired) electrons. The highest BCUT2D eigenvalue weighted by atomic mass is 16.5. The molecule has 1 heterocycles. The van der Waals surface area contributed by atoms with E-state index in [9.17, 15) is 4.79 Å². The van der Waals surface area contributed by atoms with E-state index >= 15 is 0 Å². The highest BCUT2D eigenvalue weighted by Gasteiger charge is 2.10. The third kappa shape index (κ3) is 4.85. The molecule has 0 bridgehead atoms. The summed E-state index contributed by atoms with van der Waals surface area (Å²) in [5.74, 6) is 1.20. The third-order valence-electron chi connectivity index (χ3n) is 4.59. The van der Waals surface area contributed by atoms with E-state index in [0.29, 0.717) is 12.4 Å². The third-order valence-corrected chi connectivity index (χ3v) is 4.59. The Kier molecular flexibility index (Phi) is 6.22. The lowest BCUT2D eigenvalue weighted by atomic mass is 10.1. The Labute approximate surface area is 165 Å². The number of anilines is 2. The molecule has 0 saturated carbocycles. The van der Waals surface area contributed by atoms with Gasteiger partial charge in [-0.1, -0.05) is 24.3 Å². The van der Waals surface area contributed by atoms with Crippen LogP contribution in [0.2, 0.25) is 0 Å². The van der Waals surface area contributed by atoms with Crippen LogP contribution in [0.15, 0.2) is 54.9 Å². The molecule has 28 heavy (non-hydrogen) atoms. The second kappa shape index (κ2) is 8.99. The fourth-order valence-corrected chi connectivity index (χ4v) is 2.77. The van der Waals surface area contributed by atoms with Gasteiger partial charge in [-0.25, -0.2) is 9.97 Å². The van der Waals surface area contributed by atoms with E-state index in [1.54, 1.807) is 13.3 Å². The van der Waals surface area contributed by atoms with Gasteiger partial charge >= 0.3 is 0 Å². The van der Waals surface area contributed by atoms with Crippen LogP contribution in [0.1, 0.15) is 27.2 Å². The molecule has 0 saturated heterocycles. The average Bonchev–Trinajstić information content (AvgIpc) is 2.72. The van der Waals surface area contributed by atoms with Gasteiger partial charge in [0, 0.05) is 12.2 Å². The molecular formula is C22H24N4O2. The normalized spacial score (nSPS) is 10.4. The number of rotatable bonds is 7. The molecule has 2 aromatic carbocycles. The molecule has 0 aliphatic carbocycles. The number of amides is 1. The molecule has 1 amide bonds. The number of hydrogen-bond acceptors (Lipinski definition) is 5. The van der Waals surface area contributed by atoms with Crippen LogP contribution in [-0.2, 0) is 6.42 Å². The molecular weight excluding hydrogens is 352 g/mol. The lowest BCUT2D eigenvalue weighted by molar-refractivity contribution is 0.102. The van der Waals surface area contributed by atoms with Crippen molar-refractivity contribution < 1.29 is 9.53 Å². The number of carbonyl (C=O) groups is 1. The van der Waals surface area contributed by atoms with Crippen molar-refractivity contribution in [3.8, 4) is 5.75 Å². The smallest absolute Gasteiger partial charge is 0.275 e. The number of ether oxygens (including phenoxy) is 1. The maximum atomic E-state index is 12.4. The maximum absolute atomic E-state index is 12.4. The minimum atomic E-state index is -0.274. The summed E-state index contributed by atoms with van der Waals surface area (Å²) in [7, 11) is 1.66. The SMILES string of the molecule is COc1cccc(CCNc2cnc(C(=O)Nc3cccc(C)c3C)cn2)c1. The minimum absolute atomic E-state index is 0.274. The van der Waals surface area contributed by atoms with Crippen molar-refractivity contribution in [1.29, 1.82) is 0 Å². The molecule has 6 heteroatoms. The number of nitrogens with zero attached hydrogens (tertiary/aromatic N) is 2. The number of methoxy groups -OCH3 is 1. The van der Waals surface area contributed by atoms with E-state index < -0.39 is 0 Å². The van der Waals surface area contributed by atoms with Gasteiger partial charge in [0.2, 0.25) is 0 Å². The van der Waals surface area contributed by atoms with E-state index in [1.807, 2.05) is 50.2 Å². The molecule has 0 fully saturated rings. The second-order valence-corrected chi connectivity index (χ2v) is 6.52. The molecule has 3 aromatic rings. The van der Waals surface area contributed by atoms with E-state index in [-0.39, 0.29) is 11.6 Å². The number of benzene rings is 2. The standard InChI is InChI=1S/C22H24N4O2/c1-15-6-4-9-19(16(15)2)26-22(27)20-13-25-21(14-24-20)23-11-10-17-7-5-8-18(12-17)28-3/h4-9,12-14H,10-11H2,1-3H3,(H,23,25)(H,26,27). The van der Waals surface area contributed by atoms with Crippen molar-refractivity contribution in [1.82, 2.24) is 9.97 Å². The predicted molar refractivity (Wildman–Crippen MR) is 111 cm³/mol. The Hall–Kier alpha value is -3.41. The monoisotopic (exact) mass is 376 g/mol. The van der Waals surface area contributed by atoms with Crippen molar-refractivity contribution >= 4 is 17.4 Å². The van der Waals surface area contributed by atoms with Crippen molar-refractivity contribution in [2.24, 2.45) is 0 Å². The number of hydrogen-bond donors (Lipinski definition) is 2. The average molecular weight is 376 g/mol. The Morgan fingerprint density at radius 2 is 1.89 bits per heavy atom. The number of nitrogens with one attached hydrogen (secondary N) is 2. The summed E-state index contributed by atoms with van der Waals surface area (Å²) < 4.78 is 5.23. The largest absolute Gasteiger partial charge is 0.497 e. The lowest BCUT2D eigenvalue weighted by Crippen LogP contribution is -2.15. The summed E-state index contributed by atoms with van der Waals surface area (Å²) in [6.07, 6.45) is 3.88. The Bertz CT molecular complexity index is 955. The number of carbonyl (C=O) groups excluding carboxylic acids is 1. The molecule has 0 unspecified atom stereocenters. The molecule has 6 nitrogen and oxygen atoms in total. The molecule has 0 aliphatic heterocycles. The summed E-state index contributed by atoms with van der Waals surface area (Å²) in [4.78, 5) is 20.9. The lowest BCUT2D eigenvalue weighted by Gasteiger charge is -2.10. The van der Waals surface area contributed by atoms with Gasteiger partial charge in [0.05, 0.1) is 19.5 Å². The van der Waals surface area contributed by atoms with Gasteiger partial charge in [0.1, 0.15) is 17.3 Å². The zero-order chi connectivity index (χ0) is 19.9. The topological polar surface area (TPSA) is 76.1 Å². The Balaban J connectivity index is 1.55. The molecule has 0 spiro atoms.